The Morgan fingerprint density at radius 3 is 2.39 bits per heavy atom. The number of hydrogen-bond acceptors (Lipinski definition) is 3. The Kier molecular flexibility index (Phi) is 5.10. The lowest BCUT2D eigenvalue weighted by molar-refractivity contribution is -0.146. The van der Waals surface area contributed by atoms with E-state index in [-0.39, 0.29) is 11.4 Å². The van der Waals surface area contributed by atoms with Crippen molar-refractivity contribution >= 4 is 39.2 Å². The minimum absolute atomic E-state index is 0.192. The summed E-state index contributed by atoms with van der Waals surface area (Å²) in [7, 11) is 0. The molecule has 0 aromatic heterocycles. The molecule has 3 aromatic rings. The van der Waals surface area contributed by atoms with Crippen LogP contribution < -0.4 is 5.32 Å². The quantitative estimate of drug-likeness (QED) is 0.415. The molecule has 2 atom stereocenters. The molecule has 0 bridgehead atoms. The van der Waals surface area contributed by atoms with Gasteiger partial charge < -0.3 is 10.1 Å². The first-order chi connectivity index (χ1) is 15.0. The molecular formula is C26H23BrClNO2. The summed E-state index contributed by atoms with van der Waals surface area (Å²) in [4.78, 5) is 13.2. The zero-order chi connectivity index (χ0) is 21.6. The zero-order valence-electron chi connectivity index (χ0n) is 17.2. The number of esters is 1. The molecule has 2 aliphatic rings. The topological polar surface area (TPSA) is 38.3 Å². The molecule has 1 aliphatic carbocycles. The number of benzene rings is 3. The molecule has 3 nitrogen and oxygen atoms in total. The summed E-state index contributed by atoms with van der Waals surface area (Å²) in [6.07, 6.45) is 1.85. The third kappa shape index (κ3) is 3.03. The van der Waals surface area contributed by atoms with Gasteiger partial charge in [0.1, 0.15) is 6.04 Å². The van der Waals surface area contributed by atoms with Crippen molar-refractivity contribution in [2.75, 3.05) is 11.9 Å². The van der Waals surface area contributed by atoms with Crippen LogP contribution >= 0.6 is 27.5 Å². The second-order valence-electron chi connectivity index (χ2n) is 8.30. The molecule has 0 radical (unpaired) electrons. The number of fused-ring (bicyclic) bond motifs is 1. The van der Waals surface area contributed by atoms with Crippen molar-refractivity contribution in [2.24, 2.45) is 5.41 Å². The number of nitrogens with one attached hydrogen (secondary N) is 1. The van der Waals surface area contributed by atoms with E-state index in [1.165, 1.54) is 5.56 Å². The van der Waals surface area contributed by atoms with E-state index in [2.05, 4.69) is 69.8 Å². The maximum absolute atomic E-state index is 13.2. The molecule has 31 heavy (non-hydrogen) atoms. The Bertz CT molecular complexity index is 1130. The summed E-state index contributed by atoms with van der Waals surface area (Å²) >= 11 is 9.97. The van der Waals surface area contributed by atoms with Gasteiger partial charge in [-0.3, -0.25) is 0 Å². The Morgan fingerprint density at radius 1 is 1.06 bits per heavy atom. The molecule has 1 aliphatic heterocycles. The molecule has 1 heterocycles. The van der Waals surface area contributed by atoms with E-state index in [0.29, 0.717) is 11.6 Å². The predicted octanol–water partition coefficient (Wildman–Crippen LogP) is 6.57. The highest BCUT2D eigenvalue weighted by Crippen LogP contribution is 2.70. The summed E-state index contributed by atoms with van der Waals surface area (Å²) in [6, 6.07) is 24.4. The normalized spacial score (nSPS) is 23.0. The van der Waals surface area contributed by atoms with Crippen LogP contribution in [0.3, 0.4) is 0 Å². The molecule has 1 spiro atoms. The second kappa shape index (κ2) is 7.68. The van der Waals surface area contributed by atoms with Gasteiger partial charge >= 0.3 is 5.97 Å². The summed E-state index contributed by atoms with van der Waals surface area (Å²) in [6.45, 7) is 2.22. The average molecular weight is 497 g/mol. The lowest BCUT2D eigenvalue weighted by atomic mass is 9.55. The lowest BCUT2D eigenvalue weighted by Crippen LogP contribution is -2.56. The highest BCUT2D eigenvalue weighted by Gasteiger charge is 2.69. The van der Waals surface area contributed by atoms with Gasteiger partial charge in [-0.1, -0.05) is 70.0 Å². The number of hydrogen-bond donors (Lipinski definition) is 1. The van der Waals surface area contributed by atoms with Crippen LogP contribution in [0.2, 0.25) is 5.02 Å². The van der Waals surface area contributed by atoms with Gasteiger partial charge in [-0.15, -0.1) is 0 Å². The second-order valence-corrected chi connectivity index (χ2v) is 9.65. The third-order valence-corrected chi connectivity index (χ3v) is 7.53. The number of carbonyl (C=O) groups excluding carboxylic acids is 1. The SMILES string of the molecule is CCOC(=O)C1Nc2ccc(Br)cc2C(c2ccccc2)(c2ccc(Cl)cc2)C12CC2. The van der Waals surface area contributed by atoms with Crippen LogP contribution in [0.15, 0.2) is 77.3 Å². The van der Waals surface area contributed by atoms with Gasteiger partial charge in [0.05, 0.1) is 12.0 Å². The van der Waals surface area contributed by atoms with E-state index in [1.807, 2.05) is 31.2 Å². The minimum Gasteiger partial charge on any atom is -0.464 e. The van der Waals surface area contributed by atoms with Crippen LogP contribution in [0.4, 0.5) is 5.69 Å². The molecule has 1 saturated carbocycles. The molecule has 1 N–H and O–H groups in total. The summed E-state index contributed by atoms with van der Waals surface area (Å²) in [5, 5.41) is 4.24. The van der Waals surface area contributed by atoms with E-state index in [1.54, 1.807) is 0 Å². The molecule has 2 unspecified atom stereocenters. The lowest BCUT2D eigenvalue weighted by Gasteiger charge is -2.51. The highest BCUT2D eigenvalue weighted by atomic mass is 79.9. The number of anilines is 1. The van der Waals surface area contributed by atoms with Gasteiger partial charge in [-0.2, -0.15) is 0 Å². The van der Waals surface area contributed by atoms with Gasteiger partial charge in [-0.25, -0.2) is 4.79 Å². The van der Waals surface area contributed by atoms with Crippen LogP contribution in [-0.2, 0) is 14.9 Å². The molecule has 1 fully saturated rings. The van der Waals surface area contributed by atoms with Gasteiger partial charge in [0, 0.05) is 20.6 Å². The molecule has 0 amide bonds. The highest BCUT2D eigenvalue weighted by molar-refractivity contribution is 9.10. The van der Waals surface area contributed by atoms with E-state index in [4.69, 9.17) is 16.3 Å². The van der Waals surface area contributed by atoms with Crippen LogP contribution in [-0.4, -0.2) is 18.6 Å². The van der Waals surface area contributed by atoms with E-state index >= 15 is 0 Å². The van der Waals surface area contributed by atoms with Gasteiger partial charge in [0.15, 0.2) is 0 Å². The molecule has 5 rings (SSSR count). The standard InChI is InChI=1S/C26H23BrClNO2/c1-2-31-24(30)23-25(14-15-25)26(17-6-4-3-5-7-17,18-8-11-20(28)12-9-18)21-16-19(27)10-13-22(21)29-23/h3-13,16,23,29H,2,14-15H2,1H3. The Labute approximate surface area is 195 Å². The smallest absolute Gasteiger partial charge is 0.329 e. The van der Waals surface area contributed by atoms with Gasteiger partial charge in [-0.05, 0) is 66.8 Å². The number of rotatable bonds is 4. The van der Waals surface area contributed by atoms with Crippen molar-refractivity contribution in [3.8, 4) is 0 Å². The summed E-state index contributed by atoms with van der Waals surface area (Å²) < 4.78 is 6.56. The minimum atomic E-state index is -0.513. The first-order valence-electron chi connectivity index (χ1n) is 10.6. The fourth-order valence-corrected chi connectivity index (χ4v) is 5.97. The van der Waals surface area contributed by atoms with Gasteiger partial charge in [0.2, 0.25) is 0 Å². The zero-order valence-corrected chi connectivity index (χ0v) is 19.5. The Balaban J connectivity index is 1.88. The van der Waals surface area contributed by atoms with E-state index in [0.717, 1.165) is 34.1 Å². The number of carbonyl (C=O) groups is 1. The fourth-order valence-electron chi connectivity index (χ4n) is 5.48. The van der Waals surface area contributed by atoms with Crippen LogP contribution in [0.25, 0.3) is 0 Å². The largest absolute Gasteiger partial charge is 0.464 e. The molecule has 158 valence electrons. The molecule has 3 aromatic carbocycles. The number of ether oxygens (including phenoxy) is 1. The number of halogens is 2. The first kappa shape index (κ1) is 20.6. The van der Waals surface area contributed by atoms with Crippen LogP contribution in [0, 0.1) is 5.41 Å². The van der Waals surface area contributed by atoms with Crippen molar-refractivity contribution in [3.05, 3.63) is 99.0 Å². The average Bonchev–Trinajstić information content (AvgIpc) is 3.57. The van der Waals surface area contributed by atoms with Crippen molar-refractivity contribution in [3.63, 3.8) is 0 Å². The van der Waals surface area contributed by atoms with Gasteiger partial charge in [0.25, 0.3) is 0 Å². The Morgan fingerprint density at radius 2 is 1.74 bits per heavy atom. The molecule has 0 saturated heterocycles. The maximum atomic E-state index is 13.2. The predicted molar refractivity (Wildman–Crippen MR) is 128 cm³/mol. The van der Waals surface area contributed by atoms with Crippen LogP contribution in [0.1, 0.15) is 36.5 Å². The monoisotopic (exact) mass is 495 g/mol. The fraction of sp³-hybridized carbons (Fsp3) is 0.269. The van der Waals surface area contributed by atoms with E-state index < -0.39 is 11.5 Å². The van der Waals surface area contributed by atoms with Crippen LogP contribution in [0.5, 0.6) is 0 Å². The first-order valence-corrected chi connectivity index (χ1v) is 11.7. The molecule has 5 heteroatoms. The van der Waals surface area contributed by atoms with E-state index in [9.17, 15) is 4.79 Å². The van der Waals surface area contributed by atoms with Crippen molar-refractivity contribution in [1.29, 1.82) is 0 Å². The third-order valence-electron chi connectivity index (χ3n) is 6.78. The summed E-state index contributed by atoms with van der Waals surface area (Å²) in [5.41, 5.74) is 3.58. The Hall–Kier alpha value is -2.30. The molecular weight excluding hydrogens is 474 g/mol. The van der Waals surface area contributed by atoms with Crippen molar-refractivity contribution in [1.82, 2.24) is 0 Å². The summed E-state index contributed by atoms with van der Waals surface area (Å²) in [5.74, 6) is -0.192. The maximum Gasteiger partial charge on any atom is 0.329 e. The van der Waals surface area contributed by atoms with Crippen molar-refractivity contribution < 1.29 is 9.53 Å². The van der Waals surface area contributed by atoms with Crippen molar-refractivity contribution in [2.45, 2.75) is 31.2 Å².